The number of hydrogen-bond donors (Lipinski definition) is 1. The first-order valence-corrected chi connectivity index (χ1v) is 10.2. The van der Waals surface area contributed by atoms with Crippen molar-refractivity contribution in [3.05, 3.63) is 59.7 Å². The summed E-state index contributed by atoms with van der Waals surface area (Å²) in [5.74, 6) is 0.458. The molecule has 0 saturated carbocycles. The predicted molar refractivity (Wildman–Crippen MR) is 115 cm³/mol. The van der Waals surface area contributed by atoms with Crippen molar-refractivity contribution >= 4 is 61.5 Å². The number of fused-ring (bicyclic) bond motifs is 2. The Hall–Kier alpha value is -2.71. The van der Waals surface area contributed by atoms with Crippen molar-refractivity contribution in [2.24, 2.45) is 0 Å². The Morgan fingerprint density at radius 1 is 1.34 bits per heavy atom. The smallest absolute Gasteiger partial charge is 0.250 e. The summed E-state index contributed by atoms with van der Waals surface area (Å²) >= 11 is 9.15. The minimum Gasteiger partial charge on any atom is -0.489 e. The third kappa shape index (κ3) is 4.04. The highest BCUT2D eigenvalue weighted by atomic mass is 79.9. The lowest BCUT2D eigenvalue weighted by molar-refractivity contribution is -0.114. The quantitative estimate of drug-likeness (QED) is 0.430. The number of halogens is 3. The van der Waals surface area contributed by atoms with Crippen LogP contribution in [0.4, 0.5) is 21.6 Å². The van der Waals surface area contributed by atoms with Crippen LogP contribution in [0.5, 0.6) is 5.75 Å². The number of benzene rings is 2. The summed E-state index contributed by atoms with van der Waals surface area (Å²) in [5, 5.41) is 4.43. The van der Waals surface area contributed by atoms with Gasteiger partial charge in [0.25, 0.3) is 5.91 Å². The second-order valence-electron chi connectivity index (χ2n) is 6.21. The maximum Gasteiger partial charge on any atom is 0.250 e. The molecule has 9 heteroatoms. The van der Waals surface area contributed by atoms with Crippen molar-refractivity contribution in [2.45, 2.75) is 0 Å². The second kappa shape index (κ2) is 8.34. The zero-order chi connectivity index (χ0) is 20.4. The normalized spacial score (nSPS) is 13.4. The molecule has 2 heterocycles. The molecule has 1 aliphatic rings. The van der Waals surface area contributed by atoms with E-state index in [0.717, 1.165) is 0 Å². The summed E-state index contributed by atoms with van der Waals surface area (Å²) in [7, 11) is 0. The van der Waals surface area contributed by atoms with Gasteiger partial charge in [-0.15, -0.1) is 0 Å². The third-order valence-electron chi connectivity index (χ3n) is 4.38. The summed E-state index contributed by atoms with van der Waals surface area (Å²) in [5.41, 5.74) is 1.88. The van der Waals surface area contributed by atoms with Crippen LogP contribution in [0.25, 0.3) is 10.9 Å². The fraction of sp³-hybridized carbons (Fsp3) is 0.150. The Morgan fingerprint density at radius 2 is 2.21 bits per heavy atom. The second-order valence-corrected chi connectivity index (χ2v) is 7.26. The molecule has 148 valence electrons. The van der Waals surface area contributed by atoms with Crippen LogP contribution in [0, 0.1) is 5.82 Å². The third-order valence-corrected chi connectivity index (χ3v) is 5.04. The van der Waals surface area contributed by atoms with E-state index in [2.05, 4.69) is 31.2 Å². The molecule has 0 radical (unpaired) electrons. The first-order chi connectivity index (χ1) is 14.1. The van der Waals surface area contributed by atoms with Crippen LogP contribution < -0.4 is 15.0 Å². The number of carbonyl (C=O) groups is 1. The number of alkyl halides is 1. The molecule has 0 unspecified atom stereocenters. The van der Waals surface area contributed by atoms with Crippen molar-refractivity contribution < 1.29 is 13.9 Å². The molecule has 1 N–H and O–H groups in total. The molecule has 0 saturated heterocycles. The zero-order valence-corrected chi connectivity index (χ0v) is 17.4. The Balaban J connectivity index is 1.77. The Bertz CT molecular complexity index is 1130. The predicted octanol–water partition coefficient (Wildman–Crippen LogP) is 4.84. The molecule has 1 aliphatic heterocycles. The number of nitrogens with one attached hydrogen (secondary N) is 1. The monoisotopic (exact) mass is 476 g/mol. The fourth-order valence-electron chi connectivity index (χ4n) is 3.04. The first kappa shape index (κ1) is 19.6. The molecule has 0 atom stereocenters. The molecule has 6 nitrogen and oxygen atoms in total. The van der Waals surface area contributed by atoms with Crippen molar-refractivity contribution in [3.63, 3.8) is 0 Å². The summed E-state index contributed by atoms with van der Waals surface area (Å²) in [6.45, 7) is 0.838. The number of anilines is 3. The van der Waals surface area contributed by atoms with Crippen LogP contribution in [0.1, 0.15) is 0 Å². The summed E-state index contributed by atoms with van der Waals surface area (Å²) in [6.07, 6.45) is 4.69. The van der Waals surface area contributed by atoms with E-state index in [1.54, 1.807) is 23.1 Å². The van der Waals surface area contributed by atoms with Gasteiger partial charge in [0, 0.05) is 28.5 Å². The van der Waals surface area contributed by atoms with Crippen molar-refractivity contribution in [3.8, 4) is 5.75 Å². The Morgan fingerprint density at radius 3 is 3.00 bits per heavy atom. The highest BCUT2D eigenvalue weighted by Crippen LogP contribution is 2.37. The molecule has 0 spiro atoms. The lowest BCUT2D eigenvalue weighted by Gasteiger charge is -2.29. The fourth-order valence-corrected chi connectivity index (χ4v) is 3.41. The number of amides is 1. The van der Waals surface area contributed by atoms with Gasteiger partial charge in [0.2, 0.25) is 0 Å². The molecule has 0 aliphatic carbocycles. The molecule has 1 aromatic heterocycles. The average molecular weight is 478 g/mol. The van der Waals surface area contributed by atoms with Gasteiger partial charge in [-0.2, -0.15) is 0 Å². The average Bonchev–Trinajstić information content (AvgIpc) is 2.73. The number of nitrogens with zero attached hydrogens (tertiary/aromatic N) is 3. The minimum absolute atomic E-state index is 0.00879. The van der Waals surface area contributed by atoms with Gasteiger partial charge in [-0.3, -0.25) is 4.79 Å². The molecule has 29 heavy (non-hydrogen) atoms. The number of allylic oxidation sites excluding steroid dienone is 1. The topological polar surface area (TPSA) is 67.4 Å². The first-order valence-electron chi connectivity index (χ1n) is 8.74. The molecule has 4 rings (SSSR count). The number of carbonyl (C=O) groups excluding carboxylic acids is 1. The lowest BCUT2D eigenvalue weighted by Crippen LogP contribution is -2.36. The van der Waals surface area contributed by atoms with E-state index < -0.39 is 5.82 Å². The molecule has 2 aromatic carbocycles. The van der Waals surface area contributed by atoms with Crippen molar-refractivity contribution in [1.29, 1.82) is 0 Å². The minimum atomic E-state index is -0.498. The molecular weight excluding hydrogens is 463 g/mol. The molecule has 1 amide bonds. The van der Waals surface area contributed by atoms with Crippen LogP contribution in [-0.2, 0) is 4.79 Å². The van der Waals surface area contributed by atoms with Crippen LogP contribution >= 0.6 is 27.5 Å². The maximum absolute atomic E-state index is 13.4. The van der Waals surface area contributed by atoms with E-state index in [0.29, 0.717) is 52.3 Å². The van der Waals surface area contributed by atoms with Crippen LogP contribution in [-0.4, -0.2) is 34.4 Å². The highest BCUT2D eigenvalue weighted by Gasteiger charge is 2.24. The standard InChI is InChI=1S/C20H15BrClFN4O2/c21-5-1-2-19(28)27-6-7-29-18-10-16-13(9-17(18)27)20(25-11-24-16)26-12-3-4-15(23)14(22)8-12/h1-4,8-11H,5-7H2,(H,24,25,26). The SMILES string of the molecule is O=C(C=CCBr)N1CCOc2cc3ncnc(Nc4ccc(F)c(Cl)c4)c3cc21. The summed E-state index contributed by atoms with van der Waals surface area (Å²) in [4.78, 5) is 22.8. The number of aromatic nitrogens is 2. The van der Waals surface area contributed by atoms with Gasteiger partial charge < -0.3 is 15.0 Å². The van der Waals surface area contributed by atoms with Gasteiger partial charge in [0.1, 0.15) is 30.3 Å². The Labute approximate surface area is 179 Å². The lowest BCUT2D eigenvalue weighted by atomic mass is 10.1. The zero-order valence-electron chi connectivity index (χ0n) is 15.0. The highest BCUT2D eigenvalue weighted by molar-refractivity contribution is 9.09. The van der Waals surface area contributed by atoms with E-state index >= 15 is 0 Å². The van der Waals surface area contributed by atoms with E-state index in [1.165, 1.54) is 24.5 Å². The van der Waals surface area contributed by atoms with Gasteiger partial charge in [0.15, 0.2) is 0 Å². The van der Waals surface area contributed by atoms with E-state index in [4.69, 9.17) is 16.3 Å². The van der Waals surface area contributed by atoms with Gasteiger partial charge in [-0.05, 0) is 24.3 Å². The molecular formula is C20H15BrClFN4O2. The van der Waals surface area contributed by atoms with Gasteiger partial charge >= 0.3 is 0 Å². The summed E-state index contributed by atoms with van der Waals surface area (Å²) in [6, 6.07) is 7.92. The number of rotatable bonds is 4. The Kier molecular flexibility index (Phi) is 5.64. The number of ether oxygens (including phenoxy) is 1. The largest absolute Gasteiger partial charge is 0.489 e. The van der Waals surface area contributed by atoms with Crippen molar-refractivity contribution in [2.75, 3.05) is 28.7 Å². The van der Waals surface area contributed by atoms with E-state index in [9.17, 15) is 9.18 Å². The molecule has 3 aromatic rings. The van der Waals surface area contributed by atoms with Gasteiger partial charge in [-0.1, -0.05) is 33.6 Å². The van der Waals surface area contributed by atoms with E-state index in [-0.39, 0.29) is 10.9 Å². The van der Waals surface area contributed by atoms with Crippen LogP contribution in [0.2, 0.25) is 5.02 Å². The van der Waals surface area contributed by atoms with Crippen molar-refractivity contribution in [1.82, 2.24) is 9.97 Å². The van der Waals surface area contributed by atoms with Gasteiger partial charge in [-0.25, -0.2) is 14.4 Å². The summed E-state index contributed by atoms with van der Waals surface area (Å²) < 4.78 is 19.2. The maximum atomic E-state index is 13.4. The number of hydrogen-bond acceptors (Lipinski definition) is 5. The molecule has 0 fully saturated rings. The molecule has 0 bridgehead atoms. The van der Waals surface area contributed by atoms with Gasteiger partial charge in [0.05, 0.1) is 22.8 Å². The van der Waals surface area contributed by atoms with E-state index in [1.807, 2.05) is 6.07 Å². The van der Waals surface area contributed by atoms with Crippen LogP contribution in [0.3, 0.4) is 0 Å². The van der Waals surface area contributed by atoms with Crippen LogP contribution in [0.15, 0.2) is 48.8 Å².